The van der Waals surface area contributed by atoms with Crippen LogP contribution in [0.25, 0.3) is 0 Å². The molecule has 0 bridgehead atoms. The highest BCUT2D eigenvalue weighted by molar-refractivity contribution is 7.14. The molecule has 2 amide bonds. The maximum Gasteiger partial charge on any atom is 0.261 e. The van der Waals surface area contributed by atoms with Crippen molar-refractivity contribution in [2.45, 2.75) is 51.9 Å². The number of carbonyl (C=O) groups is 2. The number of nitrogens with one attached hydrogen (secondary N) is 2. The van der Waals surface area contributed by atoms with Gasteiger partial charge in [0.1, 0.15) is 0 Å². The molecule has 0 fully saturated rings. The van der Waals surface area contributed by atoms with Crippen molar-refractivity contribution >= 4 is 28.8 Å². The molecule has 1 aliphatic rings. The molecule has 0 atom stereocenters. The van der Waals surface area contributed by atoms with Gasteiger partial charge in [0, 0.05) is 10.6 Å². The lowest BCUT2D eigenvalue weighted by Crippen LogP contribution is -2.32. The number of rotatable bonds is 5. The van der Waals surface area contributed by atoms with Crippen LogP contribution >= 0.6 is 11.3 Å². The smallest absolute Gasteiger partial charge is 0.261 e. The maximum atomic E-state index is 12.4. The minimum absolute atomic E-state index is 0.0144. The van der Waals surface area contributed by atoms with Gasteiger partial charge < -0.3 is 10.6 Å². The van der Waals surface area contributed by atoms with E-state index in [-0.39, 0.29) is 18.4 Å². The Morgan fingerprint density at radius 3 is 2.65 bits per heavy atom. The molecular formula is C21H26N2O2S. The van der Waals surface area contributed by atoms with Gasteiger partial charge in [0.25, 0.3) is 5.91 Å². The molecule has 2 N–H and O–H groups in total. The molecule has 138 valence electrons. The Labute approximate surface area is 159 Å². The first-order valence-electron chi connectivity index (χ1n) is 9.45. The number of carbonyl (C=O) groups excluding carboxylic acids is 2. The Balaban J connectivity index is 1.56. The summed E-state index contributed by atoms with van der Waals surface area (Å²) >= 11 is 1.58. The summed E-state index contributed by atoms with van der Waals surface area (Å²) in [7, 11) is 0. The van der Waals surface area contributed by atoms with Crippen molar-refractivity contribution in [1.29, 1.82) is 0 Å². The highest BCUT2D eigenvalue weighted by Gasteiger charge is 2.16. The minimum Gasteiger partial charge on any atom is -0.342 e. The lowest BCUT2D eigenvalue weighted by molar-refractivity contribution is -0.115. The number of thiophene rings is 1. The van der Waals surface area contributed by atoms with E-state index >= 15 is 0 Å². The van der Waals surface area contributed by atoms with E-state index in [2.05, 4.69) is 17.6 Å². The summed E-state index contributed by atoms with van der Waals surface area (Å²) in [6.07, 6.45) is 7.94. The van der Waals surface area contributed by atoms with E-state index in [4.69, 9.17) is 0 Å². The number of anilines is 1. The first-order chi connectivity index (χ1) is 12.7. The monoisotopic (exact) mass is 370 g/mol. The third-order valence-corrected chi connectivity index (χ3v) is 6.04. The fourth-order valence-corrected chi connectivity index (χ4v) is 4.52. The fourth-order valence-electron chi connectivity index (χ4n) is 3.35. The van der Waals surface area contributed by atoms with Crippen LogP contribution < -0.4 is 10.6 Å². The summed E-state index contributed by atoms with van der Waals surface area (Å²) in [6.45, 7) is 2.04. The Bertz CT molecular complexity index is 757. The zero-order chi connectivity index (χ0) is 18.4. The van der Waals surface area contributed by atoms with Crippen molar-refractivity contribution in [2.24, 2.45) is 0 Å². The molecule has 26 heavy (non-hydrogen) atoms. The Hall–Kier alpha value is -2.14. The van der Waals surface area contributed by atoms with Gasteiger partial charge in [0.05, 0.1) is 11.4 Å². The molecule has 1 aromatic carbocycles. The van der Waals surface area contributed by atoms with Crippen molar-refractivity contribution in [3.63, 3.8) is 0 Å². The average molecular weight is 371 g/mol. The van der Waals surface area contributed by atoms with Crippen LogP contribution in [0.1, 0.15) is 58.3 Å². The third-order valence-electron chi connectivity index (χ3n) is 4.80. The van der Waals surface area contributed by atoms with Crippen LogP contribution in [0.2, 0.25) is 0 Å². The normalized spacial score (nSPS) is 14.0. The summed E-state index contributed by atoms with van der Waals surface area (Å²) < 4.78 is 0. The minimum atomic E-state index is -0.200. The number of para-hydroxylation sites is 1. The molecule has 0 saturated carbocycles. The number of hydrogen-bond donors (Lipinski definition) is 2. The molecule has 0 unspecified atom stereocenters. The van der Waals surface area contributed by atoms with Gasteiger partial charge in [-0.05, 0) is 55.4 Å². The summed E-state index contributed by atoms with van der Waals surface area (Å²) in [5.41, 5.74) is 3.22. The predicted molar refractivity (Wildman–Crippen MR) is 107 cm³/mol. The molecule has 3 rings (SSSR count). The van der Waals surface area contributed by atoms with Gasteiger partial charge in [0.15, 0.2) is 0 Å². The van der Waals surface area contributed by atoms with Crippen LogP contribution in [-0.2, 0) is 24.1 Å². The first-order valence-corrected chi connectivity index (χ1v) is 10.3. The van der Waals surface area contributed by atoms with E-state index in [0.29, 0.717) is 0 Å². The molecule has 2 aromatic rings. The van der Waals surface area contributed by atoms with Gasteiger partial charge in [-0.15, -0.1) is 11.3 Å². The lowest BCUT2D eigenvalue weighted by atomic mass is 10.00. The standard InChI is InChI=1S/C21H26N2O2S/c1-2-15-9-7-8-11-17(15)23-20(24)14-22-21(25)19-13-16-10-5-3-4-6-12-18(16)26-19/h7-9,11,13H,2-6,10,12,14H2,1H3,(H,22,25)(H,23,24). The number of fused-ring (bicyclic) bond motifs is 1. The van der Waals surface area contributed by atoms with Crippen LogP contribution in [0, 0.1) is 0 Å². The van der Waals surface area contributed by atoms with Crippen LogP contribution in [0.5, 0.6) is 0 Å². The number of benzene rings is 1. The van der Waals surface area contributed by atoms with Crippen molar-refractivity contribution in [1.82, 2.24) is 5.32 Å². The van der Waals surface area contributed by atoms with Crippen molar-refractivity contribution in [3.05, 3.63) is 51.2 Å². The van der Waals surface area contributed by atoms with Crippen LogP contribution in [-0.4, -0.2) is 18.4 Å². The van der Waals surface area contributed by atoms with E-state index < -0.39 is 0 Å². The Kier molecular flexibility index (Phi) is 6.45. The van der Waals surface area contributed by atoms with E-state index in [1.807, 2.05) is 30.3 Å². The van der Waals surface area contributed by atoms with Crippen LogP contribution in [0.3, 0.4) is 0 Å². The number of aryl methyl sites for hydroxylation is 3. The SMILES string of the molecule is CCc1ccccc1NC(=O)CNC(=O)c1cc2c(s1)CCCCCC2. The van der Waals surface area contributed by atoms with E-state index in [1.54, 1.807) is 11.3 Å². The van der Waals surface area contributed by atoms with Crippen LogP contribution in [0.4, 0.5) is 5.69 Å². The van der Waals surface area contributed by atoms with Gasteiger partial charge in [-0.2, -0.15) is 0 Å². The quantitative estimate of drug-likeness (QED) is 0.823. The second-order valence-corrected chi connectivity index (χ2v) is 7.85. The Morgan fingerprint density at radius 2 is 1.85 bits per heavy atom. The molecule has 0 radical (unpaired) electrons. The van der Waals surface area contributed by atoms with Gasteiger partial charge >= 0.3 is 0 Å². The molecule has 5 heteroatoms. The zero-order valence-electron chi connectivity index (χ0n) is 15.3. The van der Waals surface area contributed by atoms with Gasteiger partial charge in [-0.25, -0.2) is 0 Å². The molecular weight excluding hydrogens is 344 g/mol. The summed E-state index contributed by atoms with van der Waals surface area (Å²) in [5.74, 6) is -0.352. The predicted octanol–water partition coefficient (Wildman–Crippen LogP) is 4.34. The van der Waals surface area contributed by atoms with Crippen molar-refractivity contribution < 1.29 is 9.59 Å². The van der Waals surface area contributed by atoms with Gasteiger partial charge in [-0.1, -0.05) is 38.0 Å². The average Bonchev–Trinajstić information content (AvgIpc) is 3.02. The maximum absolute atomic E-state index is 12.4. The molecule has 0 spiro atoms. The largest absolute Gasteiger partial charge is 0.342 e. The highest BCUT2D eigenvalue weighted by atomic mass is 32.1. The van der Waals surface area contributed by atoms with E-state index in [0.717, 1.165) is 35.4 Å². The van der Waals surface area contributed by atoms with Crippen molar-refractivity contribution in [2.75, 3.05) is 11.9 Å². The zero-order valence-corrected chi connectivity index (χ0v) is 16.1. The topological polar surface area (TPSA) is 58.2 Å². The second-order valence-electron chi connectivity index (χ2n) is 6.71. The molecule has 1 aliphatic carbocycles. The second kappa shape index (κ2) is 8.99. The fraction of sp³-hybridized carbons (Fsp3) is 0.429. The molecule has 0 saturated heterocycles. The highest BCUT2D eigenvalue weighted by Crippen LogP contribution is 2.28. The third kappa shape index (κ3) is 4.73. The lowest BCUT2D eigenvalue weighted by Gasteiger charge is -2.10. The van der Waals surface area contributed by atoms with Crippen LogP contribution in [0.15, 0.2) is 30.3 Å². The molecule has 4 nitrogen and oxygen atoms in total. The van der Waals surface area contributed by atoms with Gasteiger partial charge in [0.2, 0.25) is 5.91 Å². The van der Waals surface area contributed by atoms with E-state index in [9.17, 15) is 9.59 Å². The molecule has 1 aromatic heterocycles. The van der Waals surface area contributed by atoms with E-state index in [1.165, 1.54) is 36.1 Å². The molecule has 1 heterocycles. The Morgan fingerprint density at radius 1 is 1.08 bits per heavy atom. The summed E-state index contributed by atoms with van der Waals surface area (Å²) in [4.78, 5) is 26.7. The summed E-state index contributed by atoms with van der Waals surface area (Å²) in [5, 5.41) is 5.64. The van der Waals surface area contributed by atoms with Gasteiger partial charge in [-0.3, -0.25) is 9.59 Å². The molecule has 0 aliphatic heterocycles. The number of amides is 2. The first kappa shape index (κ1) is 18.6. The van der Waals surface area contributed by atoms with Crippen molar-refractivity contribution in [3.8, 4) is 0 Å². The summed E-state index contributed by atoms with van der Waals surface area (Å²) in [6, 6.07) is 9.76. The number of hydrogen-bond acceptors (Lipinski definition) is 3.